The molecule has 0 heterocycles. The fraction of sp³-hybridized carbons (Fsp3) is 0.222. The average molecular weight is 363 g/mol. The van der Waals surface area contributed by atoms with Gasteiger partial charge in [-0.1, -0.05) is 35.9 Å². The minimum absolute atomic E-state index is 0.0733. The van der Waals surface area contributed by atoms with E-state index in [9.17, 15) is 19.1 Å². The maximum Gasteiger partial charge on any atom is 0.313 e. The quantitative estimate of drug-likeness (QED) is 0.734. The molecule has 0 aliphatic heterocycles. The highest BCUT2D eigenvalue weighted by atomic mass is 35.5. The lowest BCUT2D eigenvalue weighted by Crippen LogP contribution is -2.40. The van der Waals surface area contributed by atoms with Crippen molar-refractivity contribution >= 4 is 29.1 Å². The maximum atomic E-state index is 13.4. The van der Waals surface area contributed by atoms with Gasteiger partial charge in [0.25, 0.3) is 0 Å². The zero-order chi connectivity index (χ0) is 18.0. The van der Waals surface area contributed by atoms with Crippen molar-refractivity contribution in [2.24, 2.45) is 5.92 Å². The van der Waals surface area contributed by atoms with Crippen LogP contribution in [0.2, 0.25) is 5.02 Å². The van der Waals surface area contributed by atoms with Crippen molar-refractivity contribution in [3.05, 3.63) is 64.4 Å². The summed E-state index contributed by atoms with van der Waals surface area (Å²) in [6.07, 6.45) is 0.627. The fourth-order valence-corrected chi connectivity index (χ4v) is 3.13. The van der Waals surface area contributed by atoms with Crippen LogP contribution in [0.3, 0.4) is 0 Å². The van der Waals surface area contributed by atoms with Crippen LogP contribution in [0.5, 0.6) is 0 Å². The second kappa shape index (κ2) is 7.21. The van der Waals surface area contributed by atoms with Crippen LogP contribution in [0, 0.1) is 11.7 Å². The van der Waals surface area contributed by atoms with Crippen LogP contribution in [0.25, 0.3) is 0 Å². The van der Waals surface area contributed by atoms with Gasteiger partial charge in [0.15, 0.2) is 0 Å². The smallest absolute Gasteiger partial charge is 0.313 e. The Labute approximate surface area is 148 Å². The van der Waals surface area contributed by atoms with Crippen LogP contribution < -0.4 is 10.6 Å². The van der Waals surface area contributed by atoms with Crippen molar-refractivity contribution in [1.82, 2.24) is 5.32 Å². The SMILES string of the molecule is O=C(Nc1ccc(Cl)c(F)c1)C(=O)N[C@H]1c2ccccc2C[C@@H]1CO. The van der Waals surface area contributed by atoms with Crippen molar-refractivity contribution in [2.45, 2.75) is 12.5 Å². The van der Waals surface area contributed by atoms with E-state index in [1.807, 2.05) is 24.3 Å². The normalized spacial score (nSPS) is 18.5. The molecule has 7 heteroatoms. The maximum absolute atomic E-state index is 13.4. The van der Waals surface area contributed by atoms with Gasteiger partial charge < -0.3 is 15.7 Å². The van der Waals surface area contributed by atoms with Gasteiger partial charge in [0.05, 0.1) is 11.1 Å². The summed E-state index contributed by atoms with van der Waals surface area (Å²) in [6, 6.07) is 10.8. The van der Waals surface area contributed by atoms with Crippen LogP contribution in [-0.4, -0.2) is 23.5 Å². The summed E-state index contributed by atoms with van der Waals surface area (Å²) in [5.41, 5.74) is 2.06. The van der Waals surface area contributed by atoms with Crippen LogP contribution in [0.4, 0.5) is 10.1 Å². The van der Waals surface area contributed by atoms with Gasteiger partial charge in [-0.15, -0.1) is 0 Å². The van der Waals surface area contributed by atoms with Crippen molar-refractivity contribution in [3.63, 3.8) is 0 Å². The summed E-state index contributed by atoms with van der Waals surface area (Å²) in [4.78, 5) is 24.3. The van der Waals surface area contributed by atoms with E-state index in [0.29, 0.717) is 6.42 Å². The molecule has 0 saturated carbocycles. The molecule has 0 spiro atoms. The third kappa shape index (κ3) is 3.65. The first-order valence-corrected chi connectivity index (χ1v) is 8.13. The minimum Gasteiger partial charge on any atom is -0.396 e. The van der Waals surface area contributed by atoms with Crippen molar-refractivity contribution in [3.8, 4) is 0 Å². The van der Waals surface area contributed by atoms with Crippen LogP contribution in [0.1, 0.15) is 17.2 Å². The molecule has 0 bridgehead atoms. The van der Waals surface area contributed by atoms with E-state index >= 15 is 0 Å². The molecule has 0 unspecified atom stereocenters. The number of fused-ring (bicyclic) bond motifs is 1. The molecule has 3 N–H and O–H groups in total. The number of anilines is 1. The molecule has 5 nitrogen and oxygen atoms in total. The zero-order valence-corrected chi connectivity index (χ0v) is 13.9. The van der Waals surface area contributed by atoms with Gasteiger partial charge in [-0.3, -0.25) is 9.59 Å². The lowest BCUT2D eigenvalue weighted by molar-refractivity contribution is -0.136. The molecule has 2 aromatic carbocycles. The Morgan fingerprint density at radius 3 is 2.68 bits per heavy atom. The monoisotopic (exact) mass is 362 g/mol. The molecule has 2 amide bonds. The van der Waals surface area contributed by atoms with Gasteiger partial charge >= 0.3 is 11.8 Å². The van der Waals surface area contributed by atoms with E-state index in [1.54, 1.807) is 0 Å². The number of nitrogens with one attached hydrogen (secondary N) is 2. The number of carbonyl (C=O) groups excluding carboxylic acids is 2. The topological polar surface area (TPSA) is 78.4 Å². The first kappa shape index (κ1) is 17.4. The highest BCUT2D eigenvalue weighted by molar-refractivity contribution is 6.39. The molecule has 2 atom stereocenters. The molecular formula is C18H16ClFN2O3. The number of benzene rings is 2. The molecular weight excluding hydrogens is 347 g/mol. The first-order chi connectivity index (χ1) is 12.0. The number of hydrogen-bond donors (Lipinski definition) is 3. The number of carbonyl (C=O) groups is 2. The molecule has 25 heavy (non-hydrogen) atoms. The highest BCUT2D eigenvalue weighted by Gasteiger charge is 2.34. The number of aliphatic hydroxyl groups is 1. The Kier molecular flexibility index (Phi) is 5.01. The summed E-state index contributed by atoms with van der Waals surface area (Å²) >= 11 is 5.58. The number of aliphatic hydroxyl groups excluding tert-OH is 1. The molecule has 0 radical (unpaired) electrons. The Bertz CT molecular complexity index is 828. The van der Waals surface area contributed by atoms with Crippen LogP contribution >= 0.6 is 11.6 Å². The number of amides is 2. The van der Waals surface area contributed by atoms with Gasteiger partial charge in [0, 0.05) is 18.2 Å². The molecule has 1 aliphatic rings. The number of halogens is 2. The third-order valence-corrected chi connectivity index (χ3v) is 4.55. The molecule has 2 aromatic rings. The summed E-state index contributed by atoms with van der Waals surface area (Å²) in [6.45, 7) is -0.107. The minimum atomic E-state index is -0.914. The van der Waals surface area contributed by atoms with Gasteiger partial charge in [-0.05, 0) is 35.7 Å². The number of rotatable bonds is 3. The molecule has 0 fully saturated rings. The summed E-state index contributed by atoms with van der Waals surface area (Å²) in [5.74, 6) is -2.65. The molecule has 130 valence electrons. The summed E-state index contributed by atoms with van der Waals surface area (Å²) < 4.78 is 13.4. The largest absolute Gasteiger partial charge is 0.396 e. The Morgan fingerprint density at radius 1 is 1.20 bits per heavy atom. The van der Waals surface area contributed by atoms with E-state index in [4.69, 9.17) is 11.6 Å². The van der Waals surface area contributed by atoms with E-state index in [1.165, 1.54) is 12.1 Å². The first-order valence-electron chi connectivity index (χ1n) is 7.75. The molecule has 1 aliphatic carbocycles. The standard InChI is InChI=1S/C18H16ClFN2O3/c19-14-6-5-12(8-15(14)20)21-17(24)18(25)22-16-11(9-23)7-10-3-1-2-4-13(10)16/h1-6,8,11,16,23H,7,9H2,(H,21,24)(H,22,25)/t11-,16-/m1/s1. The van der Waals surface area contributed by atoms with Crippen molar-refractivity contribution < 1.29 is 19.1 Å². The second-order valence-corrected chi connectivity index (χ2v) is 6.29. The summed E-state index contributed by atoms with van der Waals surface area (Å²) in [7, 11) is 0. The lowest BCUT2D eigenvalue weighted by atomic mass is 10.0. The van der Waals surface area contributed by atoms with Crippen LogP contribution in [-0.2, 0) is 16.0 Å². The second-order valence-electron chi connectivity index (χ2n) is 5.88. The van der Waals surface area contributed by atoms with E-state index in [2.05, 4.69) is 10.6 Å². The van der Waals surface area contributed by atoms with E-state index in [-0.39, 0.29) is 23.2 Å². The fourth-order valence-electron chi connectivity index (χ4n) is 3.01. The predicted octanol–water partition coefficient (Wildman–Crippen LogP) is 2.44. The van der Waals surface area contributed by atoms with Gasteiger partial charge in [0.2, 0.25) is 0 Å². The Hall–Kier alpha value is -2.44. The van der Waals surface area contributed by atoms with E-state index in [0.717, 1.165) is 17.2 Å². The van der Waals surface area contributed by atoms with Gasteiger partial charge in [0.1, 0.15) is 5.82 Å². The van der Waals surface area contributed by atoms with Gasteiger partial charge in [-0.25, -0.2) is 4.39 Å². The van der Waals surface area contributed by atoms with Crippen molar-refractivity contribution in [2.75, 3.05) is 11.9 Å². The highest BCUT2D eigenvalue weighted by Crippen LogP contribution is 2.35. The zero-order valence-electron chi connectivity index (χ0n) is 13.1. The number of hydrogen-bond acceptors (Lipinski definition) is 3. The average Bonchev–Trinajstić information content (AvgIpc) is 2.96. The lowest BCUT2D eigenvalue weighted by Gasteiger charge is -2.20. The predicted molar refractivity (Wildman–Crippen MR) is 91.6 cm³/mol. The Balaban J connectivity index is 1.70. The third-order valence-electron chi connectivity index (χ3n) is 4.25. The molecule has 3 rings (SSSR count). The van der Waals surface area contributed by atoms with Crippen molar-refractivity contribution in [1.29, 1.82) is 0 Å². The molecule has 0 aromatic heterocycles. The Morgan fingerprint density at radius 2 is 1.96 bits per heavy atom. The van der Waals surface area contributed by atoms with Gasteiger partial charge in [-0.2, -0.15) is 0 Å². The molecule has 0 saturated heterocycles. The summed E-state index contributed by atoms with van der Waals surface area (Å²) in [5, 5.41) is 14.5. The van der Waals surface area contributed by atoms with Crippen LogP contribution in [0.15, 0.2) is 42.5 Å². The van der Waals surface area contributed by atoms with E-state index < -0.39 is 23.7 Å².